The van der Waals surface area contributed by atoms with Crippen molar-refractivity contribution in [2.24, 2.45) is 5.92 Å². The summed E-state index contributed by atoms with van der Waals surface area (Å²) in [6.07, 6.45) is 1.92. The zero-order valence-corrected chi connectivity index (χ0v) is 15.8. The summed E-state index contributed by atoms with van der Waals surface area (Å²) in [6, 6.07) is 23.9. The third kappa shape index (κ3) is 3.48. The fourth-order valence-electron chi connectivity index (χ4n) is 4.04. The summed E-state index contributed by atoms with van der Waals surface area (Å²) >= 11 is 0. The minimum absolute atomic E-state index is 0.0394. The predicted molar refractivity (Wildman–Crippen MR) is 111 cm³/mol. The van der Waals surface area contributed by atoms with Crippen molar-refractivity contribution < 1.29 is 14.3 Å². The average Bonchev–Trinajstić information content (AvgIpc) is 2.73. The molecule has 0 amide bonds. The van der Waals surface area contributed by atoms with Crippen LogP contribution in [-0.4, -0.2) is 18.4 Å². The number of esters is 1. The van der Waals surface area contributed by atoms with Gasteiger partial charge in [-0.3, -0.25) is 9.59 Å². The Bertz CT molecular complexity index is 1050. The van der Waals surface area contributed by atoms with Gasteiger partial charge in [-0.25, -0.2) is 0 Å². The SMILES string of the molecule is CCOC(=O)[C@@H]1C(c2ccccc2)=CC(=O)C[C@H]1c1ccc2ccccc2c1. The second kappa shape index (κ2) is 7.81. The van der Waals surface area contributed by atoms with Crippen LogP contribution in [0.4, 0.5) is 0 Å². The van der Waals surface area contributed by atoms with E-state index in [1.165, 1.54) is 0 Å². The zero-order valence-electron chi connectivity index (χ0n) is 15.8. The van der Waals surface area contributed by atoms with Crippen LogP contribution >= 0.6 is 0 Å². The smallest absolute Gasteiger partial charge is 0.314 e. The van der Waals surface area contributed by atoms with Gasteiger partial charge in [0.15, 0.2) is 5.78 Å². The molecule has 140 valence electrons. The second-order valence-corrected chi connectivity index (χ2v) is 7.08. The first-order valence-electron chi connectivity index (χ1n) is 9.62. The predicted octanol–water partition coefficient (Wildman–Crippen LogP) is 5.16. The minimum Gasteiger partial charge on any atom is -0.466 e. The zero-order chi connectivity index (χ0) is 19.5. The van der Waals surface area contributed by atoms with Crippen LogP contribution in [0.25, 0.3) is 16.3 Å². The van der Waals surface area contributed by atoms with Crippen molar-refractivity contribution >= 4 is 28.1 Å². The molecule has 3 aromatic carbocycles. The van der Waals surface area contributed by atoms with Crippen LogP contribution in [0, 0.1) is 5.92 Å². The van der Waals surface area contributed by atoms with Gasteiger partial charge in [-0.05, 0) is 40.5 Å². The van der Waals surface area contributed by atoms with E-state index in [9.17, 15) is 9.59 Å². The molecular weight excluding hydrogens is 348 g/mol. The Morgan fingerprint density at radius 1 is 0.964 bits per heavy atom. The first-order chi connectivity index (χ1) is 13.7. The Hall–Kier alpha value is -3.20. The molecule has 1 aliphatic carbocycles. The molecule has 0 aromatic heterocycles. The number of allylic oxidation sites excluding steroid dienone is 1. The van der Waals surface area contributed by atoms with Crippen LogP contribution in [0.3, 0.4) is 0 Å². The van der Waals surface area contributed by atoms with Gasteiger partial charge in [0.25, 0.3) is 0 Å². The largest absolute Gasteiger partial charge is 0.466 e. The van der Waals surface area contributed by atoms with Crippen LogP contribution in [0.15, 0.2) is 78.9 Å². The highest BCUT2D eigenvalue weighted by Gasteiger charge is 2.39. The number of ketones is 1. The van der Waals surface area contributed by atoms with Crippen molar-refractivity contribution in [3.63, 3.8) is 0 Å². The van der Waals surface area contributed by atoms with E-state index in [0.717, 1.165) is 27.5 Å². The van der Waals surface area contributed by atoms with E-state index in [0.29, 0.717) is 13.0 Å². The summed E-state index contributed by atoms with van der Waals surface area (Å²) in [5.41, 5.74) is 2.62. The van der Waals surface area contributed by atoms with Crippen LogP contribution < -0.4 is 0 Å². The minimum atomic E-state index is -0.499. The standard InChI is InChI=1S/C25H22O3/c1-2-28-25(27)24-22(18-9-4-3-5-10-18)15-21(26)16-23(24)20-13-12-17-8-6-7-11-19(17)14-20/h3-15,23-24H,2,16H2,1H3/t23-,24+/m0/s1. The number of ether oxygens (including phenoxy) is 1. The van der Waals surface area contributed by atoms with Gasteiger partial charge in [-0.2, -0.15) is 0 Å². The molecule has 4 rings (SSSR count). The maximum absolute atomic E-state index is 13.0. The molecule has 0 aliphatic heterocycles. The highest BCUT2D eigenvalue weighted by molar-refractivity contribution is 6.05. The Kier molecular flexibility index (Phi) is 5.07. The second-order valence-electron chi connectivity index (χ2n) is 7.08. The molecule has 0 unspecified atom stereocenters. The number of benzene rings is 3. The van der Waals surface area contributed by atoms with Crippen LogP contribution in [-0.2, 0) is 14.3 Å². The molecule has 0 saturated carbocycles. The number of carbonyl (C=O) groups is 2. The summed E-state index contributed by atoms with van der Waals surface area (Å²) in [7, 11) is 0. The highest BCUT2D eigenvalue weighted by Crippen LogP contribution is 2.42. The third-order valence-corrected chi connectivity index (χ3v) is 5.32. The van der Waals surface area contributed by atoms with Crippen molar-refractivity contribution in [1.29, 1.82) is 0 Å². The number of hydrogen-bond donors (Lipinski definition) is 0. The number of rotatable bonds is 4. The normalized spacial score (nSPS) is 19.3. The van der Waals surface area contributed by atoms with E-state index < -0.39 is 5.92 Å². The van der Waals surface area contributed by atoms with E-state index in [-0.39, 0.29) is 17.7 Å². The van der Waals surface area contributed by atoms with Crippen LogP contribution in [0.1, 0.15) is 30.4 Å². The first kappa shape index (κ1) is 18.2. The summed E-state index contributed by atoms with van der Waals surface area (Å²) in [5.74, 6) is -0.974. The van der Waals surface area contributed by atoms with Gasteiger partial charge in [-0.1, -0.05) is 72.8 Å². The maximum atomic E-state index is 13.0. The van der Waals surface area contributed by atoms with Gasteiger partial charge < -0.3 is 4.74 Å². The van der Waals surface area contributed by atoms with Crippen molar-refractivity contribution in [3.8, 4) is 0 Å². The number of carbonyl (C=O) groups excluding carboxylic acids is 2. The molecular formula is C25H22O3. The van der Waals surface area contributed by atoms with Crippen molar-refractivity contribution in [2.45, 2.75) is 19.3 Å². The van der Waals surface area contributed by atoms with Gasteiger partial charge in [0.2, 0.25) is 0 Å². The maximum Gasteiger partial charge on any atom is 0.314 e. The molecule has 0 bridgehead atoms. The van der Waals surface area contributed by atoms with Crippen molar-refractivity contribution in [1.82, 2.24) is 0 Å². The highest BCUT2D eigenvalue weighted by atomic mass is 16.5. The topological polar surface area (TPSA) is 43.4 Å². The van der Waals surface area contributed by atoms with Gasteiger partial charge in [-0.15, -0.1) is 0 Å². The van der Waals surface area contributed by atoms with E-state index in [2.05, 4.69) is 24.3 Å². The van der Waals surface area contributed by atoms with E-state index in [1.807, 2.05) is 55.5 Å². The van der Waals surface area contributed by atoms with Crippen molar-refractivity contribution in [3.05, 3.63) is 90.0 Å². The lowest BCUT2D eigenvalue weighted by atomic mass is 9.72. The Balaban J connectivity index is 1.83. The summed E-state index contributed by atoms with van der Waals surface area (Å²) in [4.78, 5) is 25.6. The van der Waals surface area contributed by atoms with Gasteiger partial charge in [0.1, 0.15) is 0 Å². The number of hydrogen-bond acceptors (Lipinski definition) is 3. The molecule has 0 spiro atoms. The molecule has 0 N–H and O–H groups in total. The van der Waals surface area contributed by atoms with E-state index in [1.54, 1.807) is 6.08 Å². The molecule has 0 radical (unpaired) electrons. The Labute approximate surface area is 164 Å². The monoisotopic (exact) mass is 370 g/mol. The van der Waals surface area contributed by atoms with Crippen molar-refractivity contribution in [2.75, 3.05) is 6.61 Å². The molecule has 0 heterocycles. The summed E-state index contributed by atoms with van der Waals surface area (Å²) in [6.45, 7) is 2.12. The molecule has 1 aliphatic rings. The van der Waals surface area contributed by atoms with Crippen LogP contribution in [0.2, 0.25) is 0 Å². The Morgan fingerprint density at radius 3 is 2.43 bits per heavy atom. The van der Waals surface area contributed by atoms with Crippen LogP contribution in [0.5, 0.6) is 0 Å². The third-order valence-electron chi connectivity index (χ3n) is 5.32. The lowest BCUT2D eigenvalue weighted by Gasteiger charge is -2.31. The van der Waals surface area contributed by atoms with E-state index >= 15 is 0 Å². The Morgan fingerprint density at radius 2 is 1.68 bits per heavy atom. The summed E-state index contributed by atoms with van der Waals surface area (Å²) in [5, 5.41) is 2.24. The average molecular weight is 370 g/mol. The van der Waals surface area contributed by atoms with Gasteiger partial charge in [0.05, 0.1) is 12.5 Å². The molecule has 3 aromatic rings. The molecule has 2 atom stereocenters. The molecule has 3 heteroatoms. The number of fused-ring (bicyclic) bond motifs is 1. The molecule has 3 nitrogen and oxygen atoms in total. The molecule has 28 heavy (non-hydrogen) atoms. The molecule has 0 saturated heterocycles. The van der Waals surface area contributed by atoms with E-state index in [4.69, 9.17) is 4.74 Å². The quantitative estimate of drug-likeness (QED) is 0.596. The summed E-state index contributed by atoms with van der Waals surface area (Å²) < 4.78 is 5.42. The fourth-order valence-corrected chi connectivity index (χ4v) is 4.04. The van der Waals surface area contributed by atoms with Gasteiger partial charge >= 0.3 is 5.97 Å². The lowest BCUT2D eigenvalue weighted by Crippen LogP contribution is -2.31. The lowest BCUT2D eigenvalue weighted by molar-refractivity contribution is -0.146. The molecule has 0 fully saturated rings. The first-order valence-corrected chi connectivity index (χ1v) is 9.62. The van der Waals surface area contributed by atoms with Gasteiger partial charge in [0, 0.05) is 12.3 Å². The fraction of sp³-hybridized carbons (Fsp3) is 0.200.